The number of para-hydroxylation sites is 1. The van der Waals surface area contributed by atoms with Crippen LogP contribution in [0, 0.1) is 5.41 Å². The van der Waals surface area contributed by atoms with Crippen LogP contribution in [-0.2, 0) is 6.42 Å². The zero-order chi connectivity index (χ0) is 13.9. The minimum absolute atomic E-state index is 0.323. The quantitative estimate of drug-likeness (QED) is 0.892. The van der Waals surface area contributed by atoms with Gasteiger partial charge in [-0.1, -0.05) is 39.0 Å². The maximum atomic E-state index is 3.48. The SMILES string of the molecule is CNC(CCN1CCCc2ccccc21)C(C)(C)C. The van der Waals surface area contributed by atoms with Crippen molar-refractivity contribution >= 4 is 5.69 Å². The molecule has 1 aromatic rings. The topological polar surface area (TPSA) is 15.3 Å². The van der Waals surface area contributed by atoms with Gasteiger partial charge >= 0.3 is 0 Å². The van der Waals surface area contributed by atoms with E-state index in [2.05, 4.69) is 62.3 Å². The minimum atomic E-state index is 0.323. The van der Waals surface area contributed by atoms with Crippen molar-refractivity contribution in [2.75, 3.05) is 25.0 Å². The summed E-state index contributed by atoms with van der Waals surface area (Å²) in [6.07, 6.45) is 3.73. The predicted molar refractivity (Wildman–Crippen MR) is 83.9 cm³/mol. The van der Waals surface area contributed by atoms with E-state index in [9.17, 15) is 0 Å². The molecule has 106 valence electrons. The Hall–Kier alpha value is -1.02. The summed E-state index contributed by atoms with van der Waals surface area (Å²) >= 11 is 0. The summed E-state index contributed by atoms with van der Waals surface area (Å²) in [4.78, 5) is 2.56. The van der Waals surface area contributed by atoms with Gasteiger partial charge in [0, 0.05) is 24.8 Å². The van der Waals surface area contributed by atoms with Crippen LogP contribution in [0.2, 0.25) is 0 Å². The second kappa shape index (κ2) is 5.96. The van der Waals surface area contributed by atoms with Crippen molar-refractivity contribution in [3.05, 3.63) is 29.8 Å². The van der Waals surface area contributed by atoms with Gasteiger partial charge in [0.15, 0.2) is 0 Å². The molecule has 0 amide bonds. The second-order valence-electron chi connectivity index (χ2n) is 6.72. The van der Waals surface area contributed by atoms with E-state index in [1.165, 1.54) is 37.1 Å². The number of rotatable bonds is 4. The third-order valence-electron chi connectivity index (χ3n) is 4.29. The molecule has 0 fully saturated rings. The first-order chi connectivity index (χ1) is 9.02. The van der Waals surface area contributed by atoms with Crippen molar-refractivity contribution in [2.24, 2.45) is 5.41 Å². The summed E-state index contributed by atoms with van der Waals surface area (Å²) in [5, 5.41) is 3.48. The molecule has 2 heteroatoms. The summed E-state index contributed by atoms with van der Waals surface area (Å²) in [5.41, 5.74) is 3.30. The molecule has 0 aliphatic carbocycles. The first-order valence-electron chi connectivity index (χ1n) is 7.52. The maximum Gasteiger partial charge on any atom is 0.0398 e. The highest BCUT2D eigenvalue weighted by molar-refractivity contribution is 5.55. The molecule has 0 radical (unpaired) electrons. The van der Waals surface area contributed by atoms with Crippen LogP contribution in [0.4, 0.5) is 5.69 Å². The molecule has 0 saturated carbocycles. The molecule has 0 bridgehead atoms. The number of nitrogens with one attached hydrogen (secondary N) is 1. The molecule has 1 atom stereocenters. The third-order valence-corrected chi connectivity index (χ3v) is 4.29. The van der Waals surface area contributed by atoms with Gasteiger partial charge in [0.25, 0.3) is 0 Å². The number of hydrogen-bond acceptors (Lipinski definition) is 2. The highest BCUT2D eigenvalue weighted by Gasteiger charge is 2.24. The van der Waals surface area contributed by atoms with Gasteiger partial charge in [-0.3, -0.25) is 0 Å². The van der Waals surface area contributed by atoms with Gasteiger partial charge in [0.1, 0.15) is 0 Å². The molecule has 1 unspecified atom stereocenters. The van der Waals surface area contributed by atoms with Gasteiger partial charge < -0.3 is 10.2 Å². The standard InChI is InChI=1S/C17H28N2/c1-17(2,3)16(18-4)11-13-19-12-7-9-14-8-5-6-10-15(14)19/h5-6,8,10,16,18H,7,9,11-13H2,1-4H3. The lowest BCUT2D eigenvalue weighted by atomic mass is 9.84. The van der Waals surface area contributed by atoms with Crippen molar-refractivity contribution in [1.29, 1.82) is 0 Å². The lowest BCUT2D eigenvalue weighted by Crippen LogP contribution is -2.42. The van der Waals surface area contributed by atoms with Gasteiger partial charge in [-0.15, -0.1) is 0 Å². The van der Waals surface area contributed by atoms with Crippen LogP contribution in [0.1, 0.15) is 39.2 Å². The van der Waals surface area contributed by atoms with Gasteiger partial charge in [-0.05, 0) is 43.4 Å². The van der Waals surface area contributed by atoms with Crippen molar-refractivity contribution < 1.29 is 0 Å². The zero-order valence-corrected chi connectivity index (χ0v) is 12.9. The molecule has 1 aromatic carbocycles. The summed E-state index contributed by atoms with van der Waals surface area (Å²) < 4.78 is 0. The monoisotopic (exact) mass is 260 g/mol. The molecule has 19 heavy (non-hydrogen) atoms. The van der Waals surface area contributed by atoms with Crippen molar-refractivity contribution in [2.45, 2.75) is 46.1 Å². The summed E-state index contributed by atoms with van der Waals surface area (Å²) in [7, 11) is 2.08. The number of hydrogen-bond donors (Lipinski definition) is 1. The van der Waals surface area contributed by atoms with E-state index in [1.807, 2.05) is 0 Å². The van der Waals surface area contributed by atoms with Crippen LogP contribution in [0.25, 0.3) is 0 Å². The Labute approximate surface area is 118 Å². The van der Waals surface area contributed by atoms with E-state index < -0.39 is 0 Å². The fourth-order valence-corrected chi connectivity index (χ4v) is 3.14. The summed E-state index contributed by atoms with van der Waals surface area (Å²) in [6, 6.07) is 9.45. The Morgan fingerprint density at radius 3 is 2.68 bits per heavy atom. The molecular weight excluding hydrogens is 232 g/mol. The lowest BCUT2D eigenvalue weighted by Gasteiger charge is -2.35. The van der Waals surface area contributed by atoms with E-state index in [0.29, 0.717) is 11.5 Å². The van der Waals surface area contributed by atoms with Gasteiger partial charge in [-0.25, -0.2) is 0 Å². The average Bonchev–Trinajstić information content (AvgIpc) is 2.38. The van der Waals surface area contributed by atoms with Crippen LogP contribution in [0.15, 0.2) is 24.3 Å². The molecule has 0 spiro atoms. The normalized spacial score (nSPS) is 17.2. The van der Waals surface area contributed by atoms with Crippen molar-refractivity contribution in [3.8, 4) is 0 Å². The van der Waals surface area contributed by atoms with Gasteiger partial charge in [0.2, 0.25) is 0 Å². The van der Waals surface area contributed by atoms with E-state index in [-0.39, 0.29) is 0 Å². The number of aryl methyl sites for hydroxylation is 1. The number of nitrogens with zero attached hydrogens (tertiary/aromatic N) is 1. The summed E-state index contributed by atoms with van der Waals surface area (Å²) in [5.74, 6) is 0. The maximum absolute atomic E-state index is 3.48. The van der Waals surface area contributed by atoms with Crippen LogP contribution in [0.3, 0.4) is 0 Å². The Morgan fingerprint density at radius 1 is 1.26 bits per heavy atom. The molecule has 1 heterocycles. The fourth-order valence-electron chi connectivity index (χ4n) is 3.14. The first-order valence-corrected chi connectivity index (χ1v) is 7.52. The van der Waals surface area contributed by atoms with Crippen LogP contribution in [-0.4, -0.2) is 26.2 Å². The van der Waals surface area contributed by atoms with E-state index >= 15 is 0 Å². The molecule has 0 saturated heterocycles. The van der Waals surface area contributed by atoms with E-state index in [4.69, 9.17) is 0 Å². The first kappa shape index (κ1) is 14.4. The fraction of sp³-hybridized carbons (Fsp3) is 0.647. The second-order valence-corrected chi connectivity index (χ2v) is 6.72. The molecule has 0 aromatic heterocycles. The minimum Gasteiger partial charge on any atom is -0.371 e. The number of anilines is 1. The molecule has 1 N–H and O–H groups in total. The smallest absolute Gasteiger partial charge is 0.0398 e. The Kier molecular flexibility index (Phi) is 4.51. The van der Waals surface area contributed by atoms with Gasteiger partial charge in [-0.2, -0.15) is 0 Å². The van der Waals surface area contributed by atoms with Crippen LogP contribution in [0.5, 0.6) is 0 Å². The van der Waals surface area contributed by atoms with E-state index in [0.717, 1.165) is 6.54 Å². The van der Waals surface area contributed by atoms with Crippen LogP contribution >= 0.6 is 0 Å². The highest BCUT2D eigenvalue weighted by atomic mass is 15.1. The molecule has 2 rings (SSSR count). The number of benzene rings is 1. The Balaban J connectivity index is 2.01. The summed E-state index contributed by atoms with van der Waals surface area (Å²) in [6.45, 7) is 9.31. The Morgan fingerprint density at radius 2 is 2.00 bits per heavy atom. The van der Waals surface area contributed by atoms with E-state index in [1.54, 1.807) is 0 Å². The zero-order valence-electron chi connectivity index (χ0n) is 12.9. The molecule has 1 aliphatic heterocycles. The molecular formula is C17H28N2. The number of fused-ring (bicyclic) bond motifs is 1. The average molecular weight is 260 g/mol. The predicted octanol–water partition coefficient (Wildman–Crippen LogP) is 3.46. The molecule has 1 aliphatic rings. The third kappa shape index (κ3) is 3.50. The van der Waals surface area contributed by atoms with Gasteiger partial charge in [0.05, 0.1) is 0 Å². The lowest BCUT2D eigenvalue weighted by molar-refractivity contribution is 0.268. The van der Waals surface area contributed by atoms with Crippen molar-refractivity contribution in [1.82, 2.24) is 5.32 Å². The Bertz CT molecular complexity index is 406. The van der Waals surface area contributed by atoms with Crippen molar-refractivity contribution in [3.63, 3.8) is 0 Å². The van der Waals surface area contributed by atoms with Crippen LogP contribution < -0.4 is 10.2 Å². The largest absolute Gasteiger partial charge is 0.371 e. The molecule has 2 nitrogen and oxygen atoms in total. The highest BCUT2D eigenvalue weighted by Crippen LogP contribution is 2.28.